The number of carboxylic acid groups (broad SMARTS) is 1. The summed E-state index contributed by atoms with van der Waals surface area (Å²) in [6.07, 6.45) is -1.05. The molecule has 5 N–H and O–H groups in total. The van der Waals surface area contributed by atoms with E-state index in [0.717, 1.165) is 0 Å². The van der Waals surface area contributed by atoms with Crippen LogP contribution in [0.25, 0.3) is 10.9 Å². The molecule has 0 aliphatic heterocycles. The van der Waals surface area contributed by atoms with Gasteiger partial charge in [0.2, 0.25) is 11.8 Å². The number of hydrogen-bond acceptors (Lipinski definition) is 7. The second-order valence-electron chi connectivity index (χ2n) is 16.6. The third-order valence-electron chi connectivity index (χ3n) is 10.5. The molecule has 2 atom stereocenters. The van der Waals surface area contributed by atoms with Crippen LogP contribution in [0.1, 0.15) is 77.0 Å². The largest absolute Gasteiger partial charge is 0.465 e. The first-order valence-electron chi connectivity index (χ1n) is 17.9. The van der Waals surface area contributed by atoms with Crippen molar-refractivity contribution >= 4 is 68.6 Å². The summed E-state index contributed by atoms with van der Waals surface area (Å²) in [7, 11) is -4.44. The molecule has 2 aromatic carbocycles. The monoisotopic (exact) mass is 806 g/mol. The molecule has 0 saturated carbocycles. The molecule has 0 aliphatic carbocycles. The zero-order valence-corrected chi connectivity index (χ0v) is 36.0. The van der Waals surface area contributed by atoms with E-state index in [4.69, 9.17) is 26.2 Å². The third kappa shape index (κ3) is 11.1. The highest BCUT2D eigenvalue weighted by atomic mass is 35.5. The van der Waals surface area contributed by atoms with Crippen molar-refractivity contribution in [2.45, 2.75) is 110 Å². The fraction of sp³-hybridized carbons (Fsp3) is 0.541. The number of fused-ring (bicyclic) bond motifs is 1. The number of carbonyl (C=O) groups excluding carboxylic acids is 3. The second kappa shape index (κ2) is 17.3. The molecule has 13 nitrogen and oxygen atoms in total. The van der Waals surface area contributed by atoms with Gasteiger partial charge in [0.25, 0.3) is 5.91 Å². The van der Waals surface area contributed by atoms with E-state index in [0.29, 0.717) is 5.52 Å². The predicted octanol–water partition coefficient (Wildman–Crippen LogP) is 7.53. The van der Waals surface area contributed by atoms with Crippen molar-refractivity contribution in [3.05, 3.63) is 58.5 Å². The fourth-order valence-electron chi connectivity index (χ4n) is 5.17. The van der Waals surface area contributed by atoms with Crippen LogP contribution < -0.4 is 16.4 Å². The van der Waals surface area contributed by atoms with E-state index >= 15 is 4.39 Å². The minimum atomic E-state index is -2.27. The fourth-order valence-corrected chi connectivity index (χ4v) is 7.50. The summed E-state index contributed by atoms with van der Waals surface area (Å²) in [6, 6.07) is 7.58. The third-order valence-corrected chi connectivity index (χ3v) is 19.9. The lowest BCUT2D eigenvalue weighted by atomic mass is 10.0. The number of rotatable bonds is 16. The van der Waals surface area contributed by atoms with Crippen LogP contribution in [0, 0.1) is 5.82 Å². The molecule has 298 valence electrons. The SMILES string of the molecule is C[C@@H](CO[Si](C)(C)C(C)(C)C)N(CC(=O)N[C@@H](CCO[Si](C)(C)C(C)(C)C)c1cccc(Cl)c1F)C(=O)Cn1nc(C(N)=O)c2cc(NC(=O)O)ccc21. The summed E-state index contributed by atoms with van der Waals surface area (Å²) in [5.41, 5.74) is 6.17. The summed E-state index contributed by atoms with van der Waals surface area (Å²) >= 11 is 6.16. The van der Waals surface area contributed by atoms with E-state index in [-0.39, 0.29) is 63.6 Å². The lowest BCUT2D eigenvalue weighted by Gasteiger charge is -2.38. The summed E-state index contributed by atoms with van der Waals surface area (Å²) in [6.45, 7) is 22.4. The normalized spacial score (nSPS) is 13.7. The first-order chi connectivity index (χ1) is 24.8. The molecule has 4 amide bonds. The Kier molecular flexibility index (Phi) is 14.3. The Balaban J connectivity index is 1.97. The van der Waals surface area contributed by atoms with Gasteiger partial charge in [-0.05, 0) is 73.9 Å². The van der Waals surface area contributed by atoms with Crippen LogP contribution in [0.15, 0.2) is 36.4 Å². The maximum Gasteiger partial charge on any atom is 0.409 e. The minimum absolute atomic E-state index is 0.0632. The number of amides is 4. The molecule has 1 heterocycles. The highest BCUT2D eigenvalue weighted by molar-refractivity contribution is 6.74. The lowest BCUT2D eigenvalue weighted by molar-refractivity contribution is -0.139. The maximum absolute atomic E-state index is 15.4. The highest BCUT2D eigenvalue weighted by Gasteiger charge is 2.39. The maximum atomic E-state index is 15.4. The summed E-state index contributed by atoms with van der Waals surface area (Å²) in [4.78, 5) is 53.1. The molecule has 3 aromatic rings. The minimum Gasteiger partial charge on any atom is -0.465 e. The number of nitrogens with zero attached hydrogens (tertiary/aromatic N) is 3. The van der Waals surface area contributed by atoms with Crippen LogP contribution in [0.3, 0.4) is 0 Å². The quantitative estimate of drug-likeness (QED) is 0.107. The van der Waals surface area contributed by atoms with Crippen molar-refractivity contribution in [3.8, 4) is 0 Å². The van der Waals surface area contributed by atoms with Crippen molar-refractivity contribution in [2.24, 2.45) is 5.73 Å². The van der Waals surface area contributed by atoms with Gasteiger partial charge in [0, 0.05) is 23.2 Å². The molecule has 0 radical (unpaired) electrons. The molecule has 3 rings (SSSR count). The lowest BCUT2D eigenvalue weighted by Crippen LogP contribution is -2.51. The number of nitrogens with two attached hydrogens (primary N) is 1. The number of nitrogens with one attached hydrogen (secondary N) is 2. The Morgan fingerprint density at radius 2 is 1.63 bits per heavy atom. The number of primary amides is 1. The van der Waals surface area contributed by atoms with E-state index in [9.17, 15) is 24.3 Å². The van der Waals surface area contributed by atoms with Crippen molar-refractivity contribution in [1.82, 2.24) is 20.0 Å². The number of carbonyl (C=O) groups is 4. The van der Waals surface area contributed by atoms with Crippen LogP contribution in [0.2, 0.25) is 41.3 Å². The summed E-state index contributed by atoms with van der Waals surface area (Å²) < 4.78 is 29.5. The van der Waals surface area contributed by atoms with Crippen LogP contribution in [0.4, 0.5) is 14.9 Å². The van der Waals surface area contributed by atoms with Crippen molar-refractivity contribution in [2.75, 3.05) is 25.1 Å². The molecular weight excluding hydrogens is 751 g/mol. The Bertz CT molecular complexity index is 1860. The topological polar surface area (TPSA) is 178 Å². The van der Waals surface area contributed by atoms with Gasteiger partial charge in [-0.25, -0.2) is 9.18 Å². The van der Waals surface area contributed by atoms with Crippen LogP contribution in [-0.2, 0) is 25.0 Å². The summed E-state index contributed by atoms with van der Waals surface area (Å²) in [5, 5.41) is 18.6. The molecule has 0 spiro atoms. The number of aromatic nitrogens is 2. The van der Waals surface area contributed by atoms with E-state index in [1.807, 2.05) is 0 Å². The van der Waals surface area contributed by atoms with Crippen molar-refractivity contribution < 1.29 is 37.5 Å². The molecular formula is C37H56ClFN6O7Si2. The zero-order chi connectivity index (χ0) is 41.0. The molecule has 1 aromatic heterocycles. The Labute approximate surface area is 324 Å². The van der Waals surface area contributed by atoms with Gasteiger partial charge in [-0.15, -0.1) is 0 Å². The van der Waals surface area contributed by atoms with E-state index in [1.54, 1.807) is 19.1 Å². The Morgan fingerprint density at radius 1 is 1.02 bits per heavy atom. The Morgan fingerprint density at radius 3 is 2.20 bits per heavy atom. The van der Waals surface area contributed by atoms with Crippen LogP contribution in [0.5, 0.6) is 0 Å². The molecule has 0 aliphatic rings. The van der Waals surface area contributed by atoms with E-state index < -0.39 is 64.9 Å². The van der Waals surface area contributed by atoms with Gasteiger partial charge >= 0.3 is 6.09 Å². The van der Waals surface area contributed by atoms with Gasteiger partial charge in [0.05, 0.1) is 35.8 Å². The first-order valence-corrected chi connectivity index (χ1v) is 24.1. The molecule has 0 unspecified atom stereocenters. The highest BCUT2D eigenvalue weighted by Crippen LogP contribution is 2.38. The molecule has 0 fully saturated rings. The predicted molar refractivity (Wildman–Crippen MR) is 214 cm³/mol. The first kappa shape index (κ1) is 44.6. The molecule has 0 saturated heterocycles. The van der Waals surface area contributed by atoms with Gasteiger partial charge in [-0.3, -0.25) is 24.4 Å². The number of anilines is 1. The van der Waals surface area contributed by atoms with Gasteiger partial charge in [-0.2, -0.15) is 5.10 Å². The number of halogens is 2. The molecule has 54 heavy (non-hydrogen) atoms. The average molecular weight is 808 g/mol. The standard InChI is InChI=1S/C37H56ClFN6O7Si2/c1-23(22-52-54(10,11)37(5,6)7)44(31(47)21-45-29-16-15-24(41-35(49)50)19-26(29)33(43-45)34(40)48)20-30(46)42-28(25-13-12-14-27(38)32(25)39)17-18-51-53(8,9)36(2,3)4/h12-16,19,23,28,41H,17-18,20-22H2,1-11H3,(H2,40,48)(H,42,46)(H,49,50)/t23-,28-/m0/s1. The number of hydrogen-bond donors (Lipinski definition) is 4. The Hall–Kier alpha value is -3.84. The zero-order valence-electron chi connectivity index (χ0n) is 33.2. The van der Waals surface area contributed by atoms with Gasteiger partial charge < -0.3 is 29.9 Å². The second-order valence-corrected chi connectivity index (χ2v) is 26.7. The average Bonchev–Trinajstić information content (AvgIpc) is 3.39. The summed E-state index contributed by atoms with van der Waals surface area (Å²) in [5.74, 6) is -2.59. The molecule has 0 bridgehead atoms. The van der Waals surface area contributed by atoms with E-state index in [2.05, 4.69) is 83.5 Å². The van der Waals surface area contributed by atoms with Crippen LogP contribution in [-0.4, -0.2) is 86.0 Å². The van der Waals surface area contributed by atoms with Crippen molar-refractivity contribution in [3.63, 3.8) is 0 Å². The van der Waals surface area contributed by atoms with Crippen molar-refractivity contribution in [1.29, 1.82) is 0 Å². The van der Waals surface area contributed by atoms with Gasteiger partial charge in [0.15, 0.2) is 22.3 Å². The number of benzene rings is 2. The molecule has 17 heteroatoms. The van der Waals surface area contributed by atoms with Gasteiger partial charge in [-0.1, -0.05) is 65.3 Å². The van der Waals surface area contributed by atoms with Crippen LogP contribution >= 0.6 is 11.6 Å². The van der Waals surface area contributed by atoms with Gasteiger partial charge in [0.1, 0.15) is 12.4 Å². The smallest absolute Gasteiger partial charge is 0.409 e. The van der Waals surface area contributed by atoms with E-state index in [1.165, 1.54) is 33.8 Å².